The summed E-state index contributed by atoms with van der Waals surface area (Å²) in [5, 5.41) is 12.2. The highest BCUT2D eigenvalue weighted by molar-refractivity contribution is 7.99. The van der Waals surface area contributed by atoms with Gasteiger partial charge in [-0.25, -0.2) is 0 Å². The number of carbonyl (C=O) groups excluding carboxylic acids is 1. The van der Waals surface area contributed by atoms with Gasteiger partial charge in [-0.05, 0) is 25.3 Å². The van der Waals surface area contributed by atoms with Crippen molar-refractivity contribution in [3.8, 4) is 0 Å². The van der Waals surface area contributed by atoms with Crippen molar-refractivity contribution in [2.45, 2.75) is 18.2 Å². The topological polar surface area (TPSA) is 75.3 Å². The lowest BCUT2D eigenvalue weighted by Crippen LogP contribution is -2.41. The van der Waals surface area contributed by atoms with Crippen LogP contribution in [0.2, 0.25) is 5.02 Å². The quantitative estimate of drug-likeness (QED) is 0.722. The molecule has 0 aromatic heterocycles. The fourth-order valence-corrected chi connectivity index (χ4v) is 2.38. The zero-order chi connectivity index (χ0) is 13.7. The number of nitrogens with two attached hydrogens (primary N) is 1. The molecule has 0 bridgehead atoms. The number of aliphatic hydroxyl groups is 1. The summed E-state index contributed by atoms with van der Waals surface area (Å²) >= 11 is 7.48. The molecule has 0 saturated carbocycles. The smallest absolute Gasteiger partial charge is 0.253 e. The lowest BCUT2D eigenvalue weighted by Gasteiger charge is -2.21. The number of carbonyl (C=O) groups is 1. The van der Waals surface area contributed by atoms with Crippen LogP contribution in [0.25, 0.3) is 0 Å². The summed E-state index contributed by atoms with van der Waals surface area (Å²) in [6.07, 6.45) is 1.89. The second kappa shape index (κ2) is 6.87. The summed E-state index contributed by atoms with van der Waals surface area (Å²) in [7, 11) is 0. The Kier molecular flexibility index (Phi) is 5.78. The molecular formula is C12H17ClN2O2S. The molecule has 0 saturated heterocycles. The lowest BCUT2D eigenvalue weighted by atomic mass is 10.1. The molecule has 0 heterocycles. The first kappa shape index (κ1) is 15.1. The van der Waals surface area contributed by atoms with Crippen molar-refractivity contribution in [1.82, 2.24) is 5.32 Å². The van der Waals surface area contributed by atoms with Crippen molar-refractivity contribution >= 4 is 35.0 Å². The number of thioether (sulfide) groups is 1. The average molecular weight is 289 g/mol. The molecule has 0 aliphatic heterocycles. The minimum absolute atomic E-state index is 0.00722. The van der Waals surface area contributed by atoms with Crippen LogP contribution in [-0.4, -0.2) is 35.2 Å². The molecule has 1 aromatic rings. The summed E-state index contributed by atoms with van der Waals surface area (Å²) in [5.74, 6) is -0.285. The van der Waals surface area contributed by atoms with Crippen molar-refractivity contribution in [2.75, 3.05) is 18.6 Å². The number of hydrogen-bond acceptors (Lipinski definition) is 4. The van der Waals surface area contributed by atoms with Crippen molar-refractivity contribution in [1.29, 1.82) is 0 Å². The van der Waals surface area contributed by atoms with Crippen molar-refractivity contribution in [3.05, 3.63) is 28.8 Å². The molecular weight excluding hydrogens is 272 g/mol. The number of anilines is 1. The van der Waals surface area contributed by atoms with Gasteiger partial charge in [-0.2, -0.15) is 11.8 Å². The Labute approximate surface area is 116 Å². The number of benzene rings is 1. The number of hydrogen-bond donors (Lipinski definition) is 3. The number of nitrogen functional groups attached to an aromatic ring is 1. The van der Waals surface area contributed by atoms with Crippen LogP contribution < -0.4 is 11.1 Å². The second-order valence-electron chi connectivity index (χ2n) is 3.93. The van der Waals surface area contributed by atoms with E-state index < -0.39 is 0 Å². The summed E-state index contributed by atoms with van der Waals surface area (Å²) in [4.78, 5) is 12.0. The minimum Gasteiger partial charge on any atom is -0.398 e. The van der Waals surface area contributed by atoms with Gasteiger partial charge >= 0.3 is 0 Å². The van der Waals surface area contributed by atoms with E-state index in [0.717, 1.165) is 0 Å². The third-order valence-electron chi connectivity index (χ3n) is 2.67. The minimum atomic E-state index is -0.285. The molecule has 4 nitrogen and oxygen atoms in total. The number of halogens is 1. The molecule has 2 unspecified atom stereocenters. The van der Waals surface area contributed by atoms with Gasteiger partial charge in [-0.15, -0.1) is 0 Å². The molecule has 0 spiro atoms. The van der Waals surface area contributed by atoms with E-state index in [2.05, 4.69) is 5.32 Å². The Balaban J connectivity index is 2.79. The van der Waals surface area contributed by atoms with Crippen LogP contribution >= 0.6 is 23.4 Å². The monoisotopic (exact) mass is 288 g/mol. The van der Waals surface area contributed by atoms with E-state index in [1.54, 1.807) is 18.2 Å². The Hall–Kier alpha value is -0.910. The van der Waals surface area contributed by atoms with Crippen molar-refractivity contribution in [2.24, 2.45) is 0 Å². The predicted octanol–water partition coefficient (Wildman–Crippen LogP) is 1.76. The van der Waals surface area contributed by atoms with Gasteiger partial charge in [0.05, 0.1) is 22.9 Å². The molecule has 1 aromatic carbocycles. The van der Waals surface area contributed by atoms with E-state index in [9.17, 15) is 4.79 Å². The Morgan fingerprint density at radius 2 is 2.28 bits per heavy atom. The Morgan fingerprint density at radius 1 is 1.61 bits per heavy atom. The zero-order valence-electron chi connectivity index (χ0n) is 10.3. The van der Waals surface area contributed by atoms with E-state index in [1.807, 2.05) is 13.2 Å². The maximum atomic E-state index is 12.0. The molecule has 18 heavy (non-hydrogen) atoms. The van der Waals surface area contributed by atoms with Crippen LogP contribution in [0.1, 0.15) is 17.3 Å². The SMILES string of the molecule is CSC(CO)C(C)NC(=O)c1cccc(N)c1Cl. The zero-order valence-corrected chi connectivity index (χ0v) is 11.9. The summed E-state index contributed by atoms with van der Waals surface area (Å²) in [5.41, 5.74) is 6.37. The maximum Gasteiger partial charge on any atom is 0.253 e. The molecule has 1 amide bonds. The molecule has 2 atom stereocenters. The third-order valence-corrected chi connectivity index (χ3v) is 4.26. The summed E-state index contributed by atoms with van der Waals surface area (Å²) in [6.45, 7) is 1.85. The first-order chi connectivity index (χ1) is 8.51. The molecule has 100 valence electrons. The summed E-state index contributed by atoms with van der Waals surface area (Å²) in [6, 6.07) is 4.78. The lowest BCUT2D eigenvalue weighted by molar-refractivity contribution is 0.0936. The number of nitrogens with one attached hydrogen (secondary N) is 1. The third kappa shape index (κ3) is 3.54. The highest BCUT2D eigenvalue weighted by atomic mass is 35.5. The first-order valence-electron chi connectivity index (χ1n) is 5.49. The predicted molar refractivity (Wildman–Crippen MR) is 77.2 cm³/mol. The molecule has 6 heteroatoms. The van der Waals surface area contributed by atoms with E-state index in [4.69, 9.17) is 22.4 Å². The van der Waals surface area contributed by atoms with Gasteiger partial charge < -0.3 is 16.2 Å². The highest BCUT2D eigenvalue weighted by Gasteiger charge is 2.19. The van der Waals surface area contributed by atoms with Gasteiger partial charge in [0.25, 0.3) is 5.91 Å². The Bertz CT molecular complexity index is 425. The summed E-state index contributed by atoms with van der Waals surface area (Å²) < 4.78 is 0. The van der Waals surface area contributed by atoms with E-state index in [0.29, 0.717) is 11.3 Å². The van der Waals surface area contributed by atoms with Crippen LogP contribution in [0.3, 0.4) is 0 Å². The fourth-order valence-electron chi connectivity index (χ4n) is 1.54. The molecule has 0 fully saturated rings. The average Bonchev–Trinajstić information content (AvgIpc) is 2.34. The van der Waals surface area contributed by atoms with Gasteiger partial charge in [-0.1, -0.05) is 17.7 Å². The van der Waals surface area contributed by atoms with Gasteiger partial charge in [0, 0.05) is 11.3 Å². The fraction of sp³-hybridized carbons (Fsp3) is 0.417. The van der Waals surface area contributed by atoms with Gasteiger partial charge in [-0.3, -0.25) is 4.79 Å². The molecule has 0 radical (unpaired) electrons. The first-order valence-corrected chi connectivity index (χ1v) is 7.16. The van der Waals surface area contributed by atoms with Crippen LogP contribution in [0.4, 0.5) is 5.69 Å². The van der Waals surface area contributed by atoms with Crippen LogP contribution in [0.5, 0.6) is 0 Å². The maximum absolute atomic E-state index is 12.0. The largest absolute Gasteiger partial charge is 0.398 e. The van der Waals surface area contributed by atoms with Gasteiger partial charge in [0.1, 0.15) is 0 Å². The van der Waals surface area contributed by atoms with Gasteiger partial charge in [0.2, 0.25) is 0 Å². The van der Waals surface area contributed by atoms with E-state index in [-0.39, 0.29) is 28.8 Å². The van der Waals surface area contributed by atoms with Crippen LogP contribution in [0, 0.1) is 0 Å². The number of amides is 1. The van der Waals surface area contributed by atoms with E-state index in [1.165, 1.54) is 11.8 Å². The molecule has 0 aliphatic carbocycles. The van der Waals surface area contributed by atoms with E-state index >= 15 is 0 Å². The molecule has 4 N–H and O–H groups in total. The van der Waals surface area contributed by atoms with Crippen LogP contribution in [0.15, 0.2) is 18.2 Å². The van der Waals surface area contributed by atoms with Gasteiger partial charge in [0.15, 0.2) is 0 Å². The number of aliphatic hydroxyl groups excluding tert-OH is 1. The normalized spacial score (nSPS) is 14.0. The molecule has 0 aliphatic rings. The molecule has 1 rings (SSSR count). The standard InChI is InChI=1S/C12H17ClN2O2S/c1-7(10(6-16)18-2)15-12(17)8-4-3-5-9(14)11(8)13/h3-5,7,10,16H,6,14H2,1-2H3,(H,15,17). The Morgan fingerprint density at radius 3 is 2.83 bits per heavy atom. The van der Waals surface area contributed by atoms with Crippen molar-refractivity contribution in [3.63, 3.8) is 0 Å². The second-order valence-corrected chi connectivity index (χ2v) is 5.38. The van der Waals surface area contributed by atoms with Crippen molar-refractivity contribution < 1.29 is 9.90 Å². The highest BCUT2D eigenvalue weighted by Crippen LogP contribution is 2.23. The van der Waals surface area contributed by atoms with Crippen LogP contribution in [-0.2, 0) is 0 Å². The number of rotatable bonds is 5.